The molecular formula is C14H20ClNO. The molecule has 2 nitrogen and oxygen atoms in total. The van der Waals surface area contributed by atoms with Crippen molar-refractivity contribution in [1.29, 1.82) is 0 Å². The lowest BCUT2D eigenvalue weighted by Gasteiger charge is -2.51. The summed E-state index contributed by atoms with van der Waals surface area (Å²) in [6.07, 6.45) is 3.88. The van der Waals surface area contributed by atoms with Crippen molar-refractivity contribution in [3.8, 4) is 0 Å². The molecule has 0 aromatic heterocycles. The van der Waals surface area contributed by atoms with Gasteiger partial charge in [0.2, 0.25) is 0 Å². The van der Waals surface area contributed by atoms with Crippen molar-refractivity contribution in [1.82, 2.24) is 0 Å². The van der Waals surface area contributed by atoms with E-state index in [4.69, 9.17) is 17.3 Å². The van der Waals surface area contributed by atoms with Gasteiger partial charge in [-0.3, -0.25) is 0 Å². The molecule has 0 saturated heterocycles. The van der Waals surface area contributed by atoms with Crippen molar-refractivity contribution in [2.75, 3.05) is 6.54 Å². The Labute approximate surface area is 108 Å². The van der Waals surface area contributed by atoms with Crippen LogP contribution in [-0.2, 0) is 6.42 Å². The van der Waals surface area contributed by atoms with Crippen LogP contribution >= 0.6 is 11.6 Å². The number of hydrogen-bond acceptors (Lipinski definition) is 2. The molecule has 1 fully saturated rings. The standard InChI is InChI=1S/C14H20ClNO/c1-13(17,14(10-16)7-2-8-14)9-11-3-5-12(15)6-4-11/h3-6,17H,2,7-10,16H2,1H3. The van der Waals surface area contributed by atoms with Crippen LogP contribution in [0.25, 0.3) is 0 Å². The third-order valence-corrected chi connectivity index (χ3v) is 4.56. The van der Waals surface area contributed by atoms with Crippen LogP contribution in [-0.4, -0.2) is 17.3 Å². The normalized spacial score (nSPS) is 21.6. The predicted octanol–water partition coefficient (Wildman–Crippen LogP) is 2.76. The van der Waals surface area contributed by atoms with Crippen molar-refractivity contribution >= 4 is 11.6 Å². The summed E-state index contributed by atoms with van der Waals surface area (Å²) in [5.74, 6) is 0. The summed E-state index contributed by atoms with van der Waals surface area (Å²) >= 11 is 5.86. The highest BCUT2D eigenvalue weighted by molar-refractivity contribution is 6.30. The monoisotopic (exact) mass is 253 g/mol. The van der Waals surface area contributed by atoms with E-state index in [1.807, 2.05) is 31.2 Å². The molecule has 1 aliphatic carbocycles. The highest BCUT2D eigenvalue weighted by Crippen LogP contribution is 2.49. The minimum atomic E-state index is -0.728. The topological polar surface area (TPSA) is 46.2 Å². The van der Waals surface area contributed by atoms with Gasteiger partial charge in [-0.15, -0.1) is 0 Å². The zero-order valence-electron chi connectivity index (χ0n) is 10.2. The molecule has 2 rings (SSSR count). The minimum Gasteiger partial charge on any atom is -0.389 e. The fourth-order valence-corrected chi connectivity index (χ4v) is 2.88. The second kappa shape index (κ2) is 4.60. The molecule has 3 N–H and O–H groups in total. The van der Waals surface area contributed by atoms with E-state index in [1.165, 1.54) is 6.42 Å². The largest absolute Gasteiger partial charge is 0.389 e. The van der Waals surface area contributed by atoms with Gasteiger partial charge in [0.1, 0.15) is 0 Å². The molecule has 1 unspecified atom stereocenters. The molecule has 94 valence electrons. The highest BCUT2D eigenvalue weighted by atomic mass is 35.5. The summed E-state index contributed by atoms with van der Waals surface area (Å²) in [6, 6.07) is 7.67. The van der Waals surface area contributed by atoms with E-state index in [2.05, 4.69) is 0 Å². The van der Waals surface area contributed by atoms with Gasteiger partial charge in [0.05, 0.1) is 5.60 Å². The molecule has 0 amide bonds. The van der Waals surface area contributed by atoms with Gasteiger partial charge >= 0.3 is 0 Å². The first kappa shape index (κ1) is 12.9. The van der Waals surface area contributed by atoms with Crippen LogP contribution in [0.15, 0.2) is 24.3 Å². The molecule has 1 aromatic rings. The first-order valence-corrected chi connectivity index (χ1v) is 6.54. The molecule has 17 heavy (non-hydrogen) atoms. The zero-order valence-corrected chi connectivity index (χ0v) is 11.0. The maximum absolute atomic E-state index is 10.7. The molecule has 1 aliphatic rings. The van der Waals surface area contributed by atoms with Gasteiger partial charge in [-0.2, -0.15) is 0 Å². The van der Waals surface area contributed by atoms with E-state index in [-0.39, 0.29) is 5.41 Å². The number of hydrogen-bond donors (Lipinski definition) is 2. The highest BCUT2D eigenvalue weighted by Gasteiger charge is 2.49. The van der Waals surface area contributed by atoms with Gasteiger partial charge in [-0.1, -0.05) is 30.2 Å². The third kappa shape index (κ3) is 2.35. The molecule has 0 aliphatic heterocycles. The third-order valence-electron chi connectivity index (χ3n) is 4.31. The van der Waals surface area contributed by atoms with E-state index < -0.39 is 5.60 Å². The average molecular weight is 254 g/mol. The van der Waals surface area contributed by atoms with Crippen LogP contribution in [0.3, 0.4) is 0 Å². The number of rotatable bonds is 4. The van der Waals surface area contributed by atoms with Crippen molar-refractivity contribution in [3.63, 3.8) is 0 Å². The van der Waals surface area contributed by atoms with Crippen LogP contribution in [0.4, 0.5) is 0 Å². The van der Waals surface area contributed by atoms with Crippen LogP contribution in [0.2, 0.25) is 5.02 Å². The van der Waals surface area contributed by atoms with E-state index in [0.717, 1.165) is 23.4 Å². The number of benzene rings is 1. The summed E-state index contributed by atoms with van der Waals surface area (Å²) in [5.41, 5.74) is 6.14. The molecular weight excluding hydrogens is 234 g/mol. The predicted molar refractivity (Wildman–Crippen MR) is 71.1 cm³/mol. The van der Waals surface area contributed by atoms with Crippen molar-refractivity contribution in [2.24, 2.45) is 11.1 Å². The Morgan fingerprint density at radius 3 is 2.35 bits per heavy atom. The van der Waals surface area contributed by atoms with Gasteiger partial charge in [-0.25, -0.2) is 0 Å². The Balaban J connectivity index is 2.13. The van der Waals surface area contributed by atoms with E-state index in [1.54, 1.807) is 0 Å². The SMILES string of the molecule is CC(O)(Cc1ccc(Cl)cc1)C1(CN)CCC1. The van der Waals surface area contributed by atoms with E-state index >= 15 is 0 Å². The minimum absolute atomic E-state index is 0.0906. The fraction of sp³-hybridized carbons (Fsp3) is 0.571. The van der Waals surface area contributed by atoms with E-state index in [9.17, 15) is 5.11 Å². The number of aliphatic hydroxyl groups is 1. The molecule has 1 saturated carbocycles. The number of halogens is 1. The second-order valence-corrected chi connectivity index (χ2v) is 5.85. The second-order valence-electron chi connectivity index (χ2n) is 5.42. The Hall–Kier alpha value is -0.570. The van der Waals surface area contributed by atoms with Gasteiger partial charge in [0.25, 0.3) is 0 Å². The maximum Gasteiger partial charge on any atom is 0.0727 e. The van der Waals surface area contributed by atoms with Gasteiger partial charge in [0.15, 0.2) is 0 Å². The fourth-order valence-electron chi connectivity index (χ4n) is 2.75. The lowest BCUT2D eigenvalue weighted by molar-refractivity contribution is -0.109. The van der Waals surface area contributed by atoms with Crippen LogP contribution in [0.1, 0.15) is 31.7 Å². The molecule has 0 radical (unpaired) electrons. The molecule has 1 aromatic carbocycles. The molecule has 0 bridgehead atoms. The Bertz CT molecular complexity index is 376. The summed E-state index contributed by atoms with van der Waals surface area (Å²) < 4.78 is 0. The van der Waals surface area contributed by atoms with Crippen molar-refractivity contribution < 1.29 is 5.11 Å². The summed E-state index contributed by atoms with van der Waals surface area (Å²) in [6.45, 7) is 2.47. The lowest BCUT2D eigenvalue weighted by Crippen LogP contribution is -2.56. The Kier molecular flexibility index (Phi) is 3.48. The van der Waals surface area contributed by atoms with Gasteiger partial charge < -0.3 is 10.8 Å². The van der Waals surface area contributed by atoms with Crippen molar-refractivity contribution in [2.45, 2.75) is 38.2 Å². The quantitative estimate of drug-likeness (QED) is 0.867. The smallest absolute Gasteiger partial charge is 0.0727 e. The van der Waals surface area contributed by atoms with Gasteiger partial charge in [0, 0.05) is 23.4 Å². The number of nitrogens with two attached hydrogens (primary N) is 1. The first-order chi connectivity index (χ1) is 7.99. The van der Waals surface area contributed by atoms with Crippen molar-refractivity contribution in [3.05, 3.63) is 34.9 Å². The Morgan fingerprint density at radius 2 is 1.94 bits per heavy atom. The Morgan fingerprint density at radius 1 is 1.35 bits per heavy atom. The summed E-state index contributed by atoms with van der Waals surface area (Å²) in [7, 11) is 0. The average Bonchev–Trinajstić information content (AvgIpc) is 2.20. The van der Waals surface area contributed by atoms with Crippen LogP contribution in [0, 0.1) is 5.41 Å². The molecule has 3 heteroatoms. The van der Waals surface area contributed by atoms with Crippen LogP contribution < -0.4 is 5.73 Å². The zero-order chi connectivity index (χ0) is 12.5. The van der Waals surface area contributed by atoms with Crippen LogP contribution in [0.5, 0.6) is 0 Å². The summed E-state index contributed by atoms with van der Waals surface area (Å²) in [4.78, 5) is 0. The maximum atomic E-state index is 10.7. The van der Waals surface area contributed by atoms with Gasteiger partial charge in [-0.05, 0) is 37.5 Å². The van der Waals surface area contributed by atoms with E-state index in [0.29, 0.717) is 13.0 Å². The molecule has 1 atom stereocenters. The summed E-state index contributed by atoms with van der Waals surface area (Å²) in [5, 5.41) is 11.4. The molecule has 0 spiro atoms. The first-order valence-electron chi connectivity index (χ1n) is 6.16. The lowest BCUT2D eigenvalue weighted by atomic mass is 9.58. The molecule has 0 heterocycles.